The van der Waals surface area contributed by atoms with Gasteiger partial charge in [0.15, 0.2) is 0 Å². The number of nitrogens with one attached hydrogen (secondary N) is 1. The van der Waals surface area contributed by atoms with Crippen LogP contribution in [0.15, 0.2) is 23.1 Å². The highest BCUT2D eigenvalue weighted by Crippen LogP contribution is 2.38. The van der Waals surface area contributed by atoms with Crippen molar-refractivity contribution in [1.82, 2.24) is 4.57 Å². The highest BCUT2D eigenvalue weighted by Gasteiger charge is 2.23. The first-order valence-electron chi connectivity index (χ1n) is 12.4. The van der Waals surface area contributed by atoms with Crippen LogP contribution in [0.5, 0.6) is 0 Å². The van der Waals surface area contributed by atoms with E-state index in [0.717, 1.165) is 36.6 Å². The van der Waals surface area contributed by atoms with Gasteiger partial charge in [0.25, 0.3) is 5.56 Å². The van der Waals surface area contributed by atoms with Crippen molar-refractivity contribution in [2.45, 2.75) is 96.1 Å². The molecule has 2 aromatic rings. The molecule has 1 heterocycles. The van der Waals surface area contributed by atoms with Crippen LogP contribution >= 0.6 is 0 Å². The zero-order valence-corrected chi connectivity index (χ0v) is 19.1. The number of benzene rings is 1. The van der Waals surface area contributed by atoms with E-state index in [4.69, 9.17) is 4.74 Å². The lowest BCUT2D eigenvalue weighted by Crippen LogP contribution is -2.24. The van der Waals surface area contributed by atoms with Crippen molar-refractivity contribution in [3.63, 3.8) is 0 Å². The van der Waals surface area contributed by atoms with Crippen molar-refractivity contribution in [3.8, 4) is 0 Å². The number of aromatic nitrogens is 1. The molecule has 32 heavy (non-hydrogen) atoms. The van der Waals surface area contributed by atoms with E-state index in [1.165, 1.54) is 38.2 Å². The summed E-state index contributed by atoms with van der Waals surface area (Å²) >= 11 is 0. The molecular weight excluding hydrogens is 407 g/mol. The standard InChI is InChI=1S/C26H35FN2O3/c1-2-32-25(30)13-8-14-29-17-22(18-9-6-7-10-18)20-16-24(23(27)15-21(20)26(29)31)28-19-11-4-3-5-12-19/h15-19,28H,2-14H2,1H3. The molecule has 2 aliphatic rings. The number of aryl methyl sites for hydroxylation is 1. The Balaban J connectivity index is 1.67. The van der Waals surface area contributed by atoms with Crippen molar-refractivity contribution in [2.24, 2.45) is 0 Å². The number of nitrogens with zero attached hydrogens (tertiary/aromatic N) is 1. The van der Waals surface area contributed by atoms with Gasteiger partial charge in [-0.1, -0.05) is 32.1 Å². The van der Waals surface area contributed by atoms with Gasteiger partial charge in [-0.3, -0.25) is 9.59 Å². The molecule has 0 unspecified atom stereocenters. The normalized spacial score (nSPS) is 17.7. The van der Waals surface area contributed by atoms with Gasteiger partial charge in [0, 0.05) is 25.2 Å². The van der Waals surface area contributed by atoms with Crippen molar-refractivity contribution in [2.75, 3.05) is 11.9 Å². The molecule has 0 spiro atoms. The first-order chi connectivity index (χ1) is 15.6. The zero-order valence-electron chi connectivity index (χ0n) is 19.1. The highest BCUT2D eigenvalue weighted by atomic mass is 19.1. The molecule has 174 valence electrons. The smallest absolute Gasteiger partial charge is 0.305 e. The average Bonchev–Trinajstić information content (AvgIpc) is 3.32. The van der Waals surface area contributed by atoms with Gasteiger partial charge in [-0.05, 0) is 68.0 Å². The molecule has 2 saturated carbocycles. The number of esters is 1. The molecule has 0 atom stereocenters. The predicted octanol–water partition coefficient (Wildman–Crippen LogP) is 5.89. The Hall–Kier alpha value is -2.37. The van der Waals surface area contributed by atoms with Crippen molar-refractivity contribution in [3.05, 3.63) is 40.1 Å². The van der Waals surface area contributed by atoms with Gasteiger partial charge in [-0.25, -0.2) is 4.39 Å². The number of carbonyl (C=O) groups is 1. The van der Waals surface area contributed by atoms with Crippen LogP contribution < -0.4 is 10.9 Å². The minimum absolute atomic E-state index is 0.186. The van der Waals surface area contributed by atoms with Crippen LogP contribution in [0.1, 0.15) is 89.0 Å². The van der Waals surface area contributed by atoms with Gasteiger partial charge in [-0.2, -0.15) is 0 Å². The summed E-state index contributed by atoms with van der Waals surface area (Å²) in [5.74, 6) is -0.217. The van der Waals surface area contributed by atoms with Crippen LogP contribution in [0.4, 0.5) is 10.1 Å². The van der Waals surface area contributed by atoms with E-state index in [2.05, 4.69) is 5.32 Å². The Morgan fingerprint density at radius 1 is 1.09 bits per heavy atom. The lowest BCUT2D eigenvalue weighted by molar-refractivity contribution is -0.143. The monoisotopic (exact) mass is 442 g/mol. The Labute approximate surface area is 189 Å². The second-order valence-electron chi connectivity index (χ2n) is 9.33. The fourth-order valence-electron chi connectivity index (χ4n) is 5.37. The maximum Gasteiger partial charge on any atom is 0.305 e. The first-order valence-corrected chi connectivity index (χ1v) is 12.4. The third-order valence-corrected chi connectivity index (χ3v) is 7.05. The van der Waals surface area contributed by atoms with Gasteiger partial charge in [0.2, 0.25) is 0 Å². The van der Waals surface area contributed by atoms with Gasteiger partial charge in [-0.15, -0.1) is 0 Å². The van der Waals surface area contributed by atoms with Crippen LogP contribution in [-0.2, 0) is 16.1 Å². The van der Waals surface area contributed by atoms with Gasteiger partial charge >= 0.3 is 5.97 Å². The summed E-state index contributed by atoms with van der Waals surface area (Å²) in [5, 5.41) is 4.74. The van der Waals surface area contributed by atoms with Crippen molar-refractivity contribution < 1.29 is 13.9 Å². The van der Waals surface area contributed by atoms with Crippen LogP contribution in [0.25, 0.3) is 10.8 Å². The van der Waals surface area contributed by atoms with E-state index < -0.39 is 0 Å². The molecule has 4 rings (SSSR count). The lowest BCUT2D eigenvalue weighted by Gasteiger charge is -2.25. The Morgan fingerprint density at radius 3 is 2.53 bits per heavy atom. The van der Waals surface area contributed by atoms with E-state index in [1.54, 1.807) is 11.5 Å². The Bertz CT molecular complexity index is 1000. The SMILES string of the molecule is CCOC(=O)CCCn1cc(C2CCCC2)c2cc(NC3CCCCC3)c(F)cc2c1=O. The summed E-state index contributed by atoms with van der Waals surface area (Å²) in [6, 6.07) is 3.59. The number of anilines is 1. The molecular formula is C26H35FN2O3. The van der Waals surface area contributed by atoms with E-state index in [-0.39, 0.29) is 23.8 Å². The molecule has 1 N–H and O–H groups in total. The van der Waals surface area contributed by atoms with Gasteiger partial charge < -0.3 is 14.6 Å². The fourth-order valence-corrected chi connectivity index (χ4v) is 5.37. The number of fused-ring (bicyclic) bond motifs is 1. The molecule has 6 heteroatoms. The highest BCUT2D eigenvalue weighted by molar-refractivity contribution is 5.88. The summed E-state index contributed by atoms with van der Waals surface area (Å²) in [4.78, 5) is 24.9. The second-order valence-corrected chi connectivity index (χ2v) is 9.33. The molecule has 0 bridgehead atoms. The third-order valence-electron chi connectivity index (χ3n) is 7.05. The molecule has 2 fully saturated rings. The average molecular weight is 443 g/mol. The summed E-state index contributed by atoms with van der Waals surface area (Å²) in [6.07, 6.45) is 13.1. The number of pyridine rings is 1. The quantitative estimate of drug-likeness (QED) is 0.518. The molecule has 0 saturated heterocycles. The molecule has 0 amide bonds. The number of halogens is 1. The molecule has 5 nitrogen and oxygen atoms in total. The predicted molar refractivity (Wildman–Crippen MR) is 126 cm³/mol. The van der Waals surface area contributed by atoms with Crippen LogP contribution in [0, 0.1) is 5.82 Å². The summed E-state index contributed by atoms with van der Waals surface area (Å²) in [5.41, 5.74) is 1.47. The number of rotatable bonds is 8. The van der Waals surface area contributed by atoms with E-state index in [0.29, 0.717) is 42.6 Å². The van der Waals surface area contributed by atoms with Crippen LogP contribution in [0.3, 0.4) is 0 Å². The molecule has 0 radical (unpaired) electrons. The summed E-state index contributed by atoms with van der Waals surface area (Å²) in [6.45, 7) is 2.57. The number of hydrogen-bond donors (Lipinski definition) is 1. The first kappa shape index (κ1) is 22.8. The van der Waals surface area contributed by atoms with Gasteiger partial charge in [0.1, 0.15) is 5.82 Å². The summed E-state index contributed by atoms with van der Waals surface area (Å²) < 4.78 is 21.7. The maximum absolute atomic E-state index is 15.1. The number of hydrogen-bond acceptors (Lipinski definition) is 4. The maximum atomic E-state index is 15.1. The van der Waals surface area contributed by atoms with Crippen LogP contribution in [0.2, 0.25) is 0 Å². The topological polar surface area (TPSA) is 60.3 Å². The van der Waals surface area contributed by atoms with E-state index >= 15 is 4.39 Å². The fraction of sp³-hybridized carbons (Fsp3) is 0.615. The molecule has 2 aliphatic carbocycles. The Kier molecular flexibility index (Phi) is 7.48. The second kappa shape index (κ2) is 10.5. The van der Waals surface area contributed by atoms with Crippen LogP contribution in [-0.4, -0.2) is 23.2 Å². The molecule has 1 aromatic carbocycles. The van der Waals surface area contributed by atoms with E-state index in [9.17, 15) is 9.59 Å². The number of ether oxygens (including phenoxy) is 1. The minimum Gasteiger partial charge on any atom is -0.466 e. The largest absolute Gasteiger partial charge is 0.466 e. The minimum atomic E-state index is -0.359. The summed E-state index contributed by atoms with van der Waals surface area (Å²) in [7, 11) is 0. The number of carbonyl (C=O) groups excluding carboxylic acids is 1. The van der Waals surface area contributed by atoms with Gasteiger partial charge in [0.05, 0.1) is 17.7 Å². The third kappa shape index (κ3) is 5.16. The van der Waals surface area contributed by atoms with Crippen molar-refractivity contribution >= 4 is 22.4 Å². The Morgan fingerprint density at radius 2 is 1.81 bits per heavy atom. The molecule has 0 aliphatic heterocycles. The van der Waals surface area contributed by atoms with Crippen molar-refractivity contribution in [1.29, 1.82) is 0 Å². The zero-order chi connectivity index (χ0) is 22.5. The molecule has 1 aromatic heterocycles. The van der Waals surface area contributed by atoms with E-state index in [1.807, 2.05) is 12.3 Å². The lowest BCUT2D eigenvalue weighted by atomic mass is 9.92.